The molecule has 0 aromatic heterocycles. The normalized spacial score (nSPS) is 16.9. The number of likely N-dealkylation sites (tertiary alicyclic amines) is 1. The number of carbonyl (C=O) groups is 4. The smallest absolute Gasteiger partial charge is 0.261 e. The standard InChI is InChI=1S/C11H11NO2.C7H11NO2/c1-7(2)12-10(13)8-5-3-4-6-9(8)11(12)14;1-5(2)8-6(9)3-4-7(8)10/h3-7H,1-2H3;5H,3-4H2,1-2H3. The van der Waals surface area contributed by atoms with E-state index >= 15 is 0 Å². The molecule has 0 atom stereocenters. The average Bonchev–Trinajstić information content (AvgIpc) is 2.98. The van der Waals surface area contributed by atoms with E-state index in [1.807, 2.05) is 27.7 Å². The van der Waals surface area contributed by atoms with Gasteiger partial charge in [-0.15, -0.1) is 0 Å². The van der Waals surface area contributed by atoms with Crippen molar-refractivity contribution in [3.05, 3.63) is 35.4 Å². The van der Waals surface area contributed by atoms with Gasteiger partial charge in [-0.05, 0) is 39.8 Å². The quantitative estimate of drug-likeness (QED) is 0.779. The molecule has 0 unspecified atom stereocenters. The minimum atomic E-state index is -0.180. The predicted molar refractivity (Wildman–Crippen MR) is 88.3 cm³/mol. The van der Waals surface area contributed by atoms with Crippen LogP contribution in [0.3, 0.4) is 0 Å². The Balaban J connectivity index is 0.000000185. The van der Waals surface area contributed by atoms with Crippen LogP contribution in [0, 0.1) is 0 Å². The van der Waals surface area contributed by atoms with Crippen molar-refractivity contribution in [1.29, 1.82) is 0 Å². The van der Waals surface area contributed by atoms with Gasteiger partial charge in [-0.1, -0.05) is 12.1 Å². The van der Waals surface area contributed by atoms with E-state index < -0.39 is 0 Å². The minimum Gasteiger partial charge on any atom is -0.280 e. The van der Waals surface area contributed by atoms with Crippen LogP contribution < -0.4 is 0 Å². The van der Waals surface area contributed by atoms with Crippen LogP contribution in [0.4, 0.5) is 0 Å². The van der Waals surface area contributed by atoms with Crippen molar-refractivity contribution in [2.45, 2.75) is 52.6 Å². The van der Waals surface area contributed by atoms with Crippen LogP contribution in [-0.2, 0) is 9.59 Å². The summed E-state index contributed by atoms with van der Waals surface area (Å²) in [4.78, 5) is 48.0. The fourth-order valence-corrected chi connectivity index (χ4v) is 2.85. The summed E-state index contributed by atoms with van der Waals surface area (Å²) < 4.78 is 0. The van der Waals surface area contributed by atoms with Crippen LogP contribution in [0.5, 0.6) is 0 Å². The van der Waals surface area contributed by atoms with Gasteiger partial charge in [0.2, 0.25) is 11.8 Å². The molecule has 0 spiro atoms. The van der Waals surface area contributed by atoms with Gasteiger partial charge in [0.25, 0.3) is 11.8 Å². The van der Waals surface area contributed by atoms with E-state index in [4.69, 9.17) is 0 Å². The lowest BCUT2D eigenvalue weighted by molar-refractivity contribution is -0.140. The molecule has 0 radical (unpaired) electrons. The molecule has 2 heterocycles. The fraction of sp³-hybridized carbons (Fsp3) is 0.444. The first-order chi connectivity index (χ1) is 11.3. The number of benzene rings is 1. The maximum atomic E-state index is 11.8. The van der Waals surface area contributed by atoms with Gasteiger partial charge in [0, 0.05) is 24.9 Å². The molecule has 0 aliphatic carbocycles. The third-order valence-electron chi connectivity index (χ3n) is 3.95. The van der Waals surface area contributed by atoms with Crippen molar-refractivity contribution < 1.29 is 19.2 Å². The van der Waals surface area contributed by atoms with E-state index in [1.165, 1.54) is 9.80 Å². The first-order valence-electron chi connectivity index (χ1n) is 8.07. The summed E-state index contributed by atoms with van der Waals surface area (Å²) in [6.07, 6.45) is 0.800. The van der Waals surface area contributed by atoms with Crippen LogP contribution >= 0.6 is 0 Å². The van der Waals surface area contributed by atoms with E-state index in [2.05, 4.69) is 0 Å². The van der Waals surface area contributed by atoms with Gasteiger partial charge < -0.3 is 0 Å². The van der Waals surface area contributed by atoms with Crippen molar-refractivity contribution >= 4 is 23.6 Å². The SMILES string of the molecule is CC(C)N1C(=O)CCC1=O.CC(C)N1C(=O)c2ccccc2C1=O. The maximum Gasteiger partial charge on any atom is 0.261 e. The fourth-order valence-electron chi connectivity index (χ4n) is 2.85. The Kier molecular flexibility index (Phi) is 5.17. The molecule has 4 amide bonds. The Labute approximate surface area is 141 Å². The lowest BCUT2D eigenvalue weighted by Gasteiger charge is -2.17. The van der Waals surface area contributed by atoms with Crippen LogP contribution in [0.25, 0.3) is 0 Å². The molecule has 0 N–H and O–H groups in total. The summed E-state index contributed by atoms with van der Waals surface area (Å²) in [6, 6.07) is 6.88. The monoisotopic (exact) mass is 330 g/mol. The Morgan fingerprint density at radius 2 is 1.08 bits per heavy atom. The number of amides is 4. The van der Waals surface area contributed by atoms with Gasteiger partial charge in [-0.3, -0.25) is 29.0 Å². The number of nitrogens with zero attached hydrogens (tertiary/aromatic N) is 2. The molecule has 1 fully saturated rings. The summed E-state index contributed by atoms with van der Waals surface area (Å²) in [6.45, 7) is 7.37. The zero-order valence-corrected chi connectivity index (χ0v) is 14.4. The maximum absolute atomic E-state index is 11.8. The molecular formula is C18H22N2O4. The second-order valence-corrected chi connectivity index (χ2v) is 6.37. The number of fused-ring (bicyclic) bond motifs is 1. The third-order valence-corrected chi connectivity index (χ3v) is 3.95. The largest absolute Gasteiger partial charge is 0.280 e. The zero-order valence-electron chi connectivity index (χ0n) is 14.4. The number of imide groups is 2. The van der Waals surface area contributed by atoms with Crippen molar-refractivity contribution in [3.8, 4) is 0 Å². The molecule has 6 heteroatoms. The molecule has 1 saturated heterocycles. The van der Waals surface area contributed by atoms with Crippen molar-refractivity contribution in [3.63, 3.8) is 0 Å². The number of hydrogen-bond donors (Lipinski definition) is 0. The summed E-state index contributed by atoms with van der Waals surface area (Å²) in [5.41, 5.74) is 1.04. The highest BCUT2D eigenvalue weighted by atomic mass is 16.2. The lowest BCUT2D eigenvalue weighted by Crippen LogP contribution is -2.35. The second kappa shape index (κ2) is 6.95. The molecule has 24 heavy (non-hydrogen) atoms. The third kappa shape index (κ3) is 3.22. The van der Waals surface area contributed by atoms with Gasteiger partial charge in [0.05, 0.1) is 11.1 Å². The van der Waals surface area contributed by atoms with E-state index in [1.54, 1.807) is 24.3 Å². The number of carbonyl (C=O) groups excluding carboxylic acids is 4. The first-order valence-corrected chi connectivity index (χ1v) is 8.07. The molecule has 0 saturated carbocycles. The highest BCUT2D eigenvalue weighted by Crippen LogP contribution is 2.23. The molecule has 6 nitrogen and oxygen atoms in total. The van der Waals surface area contributed by atoms with Crippen LogP contribution in [-0.4, -0.2) is 45.5 Å². The summed E-state index contributed by atoms with van der Waals surface area (Å²) in [5, 5.41) is 0. The average molecular weight is 330 g/mol. The van der Waals surface area contributed by atoms with Crippen LogP contribution in [0.1, 0.15) is 61.3 Å². The van der Waals surface area contributed by atoms with Gasteiger partial charge in [-0.2, -0.15) is 0 Å². The number of hydrogen-bond acceptors (Lipinski definition) is 4. The molecule has 0 bridgehead atoms. The van der Waals surface area contributed by atoms with Gasteiger partial charge in [0.15, 0.2) is 0 Å². The predicted octanol–water partition coefficient (Wildman–Crippen LogP) is 2.23. The minimum absolute atomic E-state index is 0.0278. The Morgan fingerprint density at radius 3 is 1.38 bits per heavy atom. The Hall–Kier alpha value is -2.50. The number of rotatable bonds is 2. The summed E-state index contributed by atoms with van der Waals surface area (Å²) in [5.74, 6) is -0.416. The highest BCUT2D eigenvalue weighted by Gasteiger charge is 2.36. The van der Waals surface area contributed by atoms with Crippen molar-refractivity contribution in [1.82, 2.24) is 9.80 Å². The van der Waals surface area contributed by atoms with E-state index in [0.717, 1.165) is 0 Å². The molecule has 128 valence electrons. The van der Waals surface area contributed by atoms with E-state index in [9.17, 15) is 19.2 Å². The summed E-state index contributed by atoms with van der Waals surface area (Å²) >= 11 is 0. The molecule has 1 aromatic carbocycles. The Bertz CT molecular complexity index is 643. The first kappa shape index (κ1) is 17.8. The van der Waals surface area contributed by atoms with Crippen LogP contribution in [0.15, 0.2) is 24.3 Å². The molecular weight excluding hydrogens is 308 g/mol. The van der Waals surface area contributed by atoms with Gasteiger partial charge >= 0.3 is 0 Å². The molecule has 1 aromatic rings. The van der Waals surface area contributed by atoms with Gasteiger partial charge in [0.1, 0.15) is 0 Å². The van der Waals surface area contributed by atoms with Gasteiger partial charge in [-0.25, -0.2) is 0 Å². The Morgan fingerprint density at radius 1 is 0.708 bits per heavy atom. The second-order valence-electron chi connectivity index (χ2n) is 6.37. The highest BCUT2D eigenvalue weighted by molar-refractivity contribution is 6.21. The van der Waals surface area contributed by atoms with Crippen molar-refractivity contribution in [2.75, 3.05) is 0 Å². The summed E-state index contributed by atoms with van der Waals surface area (Å²) in [7, 11) is 0. The molecule has 3 rings (SSSR count). The zero-order chi connectivity index (χ0) is 18.0. The van der Waals surface area contributed by atoms with E-state index in [-0.39, 0.29) is 35.7 Å². The molecule has 2 aliphatic rings. The van der Waals surface area contributed by atoms with Crippen LogP contribution in [0.2, 0.25) is 0 Å². The van der Waals surface area contributed by atoms with Crippen molar-refractivity contribution in [2.24, 2.45) is 0 Å². The van der Waals surface area contributed by atoms with E-state index in [0.29, 0.717) is 24.0 Å². The topological polar surface area (TPSA) is 74.8 Å². The lowest BCUT2D eigenvalue weighted by atomic mass is 10.1. The molecule has 2 aliphatic heterocycles.